The van der Waals surface area contributed by atoms with E-state index in [1.807, 2.05) is 36.4 Å². The summed E-state index contributed by atoms with van der Waals surface area (Å²) in [5.74, 6) is -0.788. The molecule has 12 heteroatoms. The Morgan fingerprint density at radius 3 is 1.60 bits per heavy atom. The second-order valence-electron chi connectivity index (χ2n) is 12.6. The number of hydrogen-bond donors (Lipinski definition) is 2. The molecule has 0 amide bonds. The monoisotopic (exact) mass is 764 g/mol. The van der Waals surface area contributed by atoms with Crippen molar-refractivity contribution in [2.75, 3.05) is 39.6 Å². The van der Waals surface area contributed by atoms with Crippen molar-refractivity contribution in [2.45, 2.75) is 44.7 Å². The molecular formula is C43H44F4O8. The fraction of sp³-hybridized carbons (Fsp3) is 0.302. The van der Waals surface area contributed by atoms with Crippen LogP contribution in [0.1, 0.15) is 37.7 Å². The number of alkyl halides is 3. The minimum atomic E-state index is -4.17. The molecule has 0 saturated carbocycles. The summed E-state index contributed by atoms with van der Waals surface area (Å²) in [5.41, 5.74) is 5.09. The lowest BCUT2D eigenvalue weighted by molar-refractivity contribution is -0.141. The third-order valence-electron chi connectivity index (χ3n) is 8.52. The number of halogens is 4. The molecule has 55 heavy (non-hydrogen) atoms. The molecule has 0 heterocycles. The van der Waals surface area contributed by atoms with Crippen molar-refractivity contribution < 1.29 is 56.3 Å². The average Bonchev–Trinajstić information content (AvgIpc) is 3.18. The predicted octanol–water partition coefficient (Wildman–Crippen LogP) is 8.82. The first kappa shape index (κ1) is 42.3. The molecule has 8 nitrogen and oxygen atoms in total. The zero-order chi connectivity index (χ0) is 39.8. The minimum Gasteiger partial charge on any atom is -0.490 e. The van der Waals surface area contributed by atoms with Gasteiger partial charge < -0.3 is 29.2 Å². The van der Waals surface area contributed by atoms with E-state index in [-0.39, 0.29) is 44.0 Å². The van der Waals surface area contributed by atoms with Crippen molar-refractivity contribution in [3.8, 4) is 44.9 Å². The van der Waals surface area contributed by atoms with Gasteiger partial charge in [0, 0.05) is 12.0 Å². The topological polar surface area (TPSA) is 112 Å². The Balaban J connectivity index is 1.45. The van der Waals surface area contributed by atoms with Crippen molar-refractivity contribution in [2.24, 2.45) is 0 Å². The van der Waals surface area contributed by atoms with E-state index in [1.165, 1.54) is 6.07 Å². The van der Waals surface area contributed by atoms with E-state index >= 15 is 4.39 Å². The van der Waals surface area contributed by atoms with Crippen LogP contribution in [0.2, 0.25) is 0 Å². The predicted molar refractivity (Wildman–Crippen MR) is 201 cm³/mol. The molecule has 292 valence electrons. The summed E-state index contributed by atoms with van der Waals surface area (Å²) in [6.07, 6.45) is -2.60. The molecule has 4 aromatic rings. The molecule has 0 radical (unpaired) electrons. The first-order valence-electron chi connectivity index (χ1n) is 17.8. The van der Waals surface area contributed by atoms with Gasteiger partial charge in [0.15, 0.2) is 0 Å². The Hall–Kier alpha value is -5.46. The van der Waals surface area contributed by atoms with E-state index in [1.54, 1.807) is 42.5 Å². The zero-order valence-electron chi connectivity index (χ0n) is 30.3. The molecule has 0 aliphatic carbocycles. The Morgan fingerprint density at radius 2 is 1.07 bits per heavy atom. The van der Waals surface area contributed by atoms with Crippen LogP contribution in [-0.2, 0) is 25.5 Å². The van der Waals surface area contributed by atoms with Gasteiger partial charge in [-0.15, -0.1) is 0 Å². The number of ether oxygens (including phenoxy) is 4. The van der Waals surface area contributed by atoms with Gasteiger partial charge in [-0.1, -0.05) is 80.6 Å². The molecule has 0 aromatic heterocycles. The quantitative estimate of drug-likeness (QED) is 0.0375. The van der Waals surface area contributed by atoms with Crippen LogP contribution in [0, 0.1) is 5.82 Å². The lowest BCUT2D eigenvalue weighted by Crippen LogP contribution is -2.14. The standard InChI is InChI=1S/C43H44F4O8/c1-29(27-48)41(50)54-23-21-52-36-14-8-31(9-15-36)33-12-18-38(34(25-33)7-5-3-4-6-20-43(45,46)47)35-13-19-39(40(44)26-35)32-10-16-37(17-11-32)53-22-24-55-42(51)30(2)28-49/h8-19,25-26,48-49H,1-7,20-24,27-28H2. The number of carbonyl (C=O) groups is 2. The molecule has 4 aromatic carbocycles. The van der Waals surface area contributed by atoms with E-state index in [0.29, 0.717) is 53.9 Å². The first-order valence-corrected chi connectivity index (χ1v) is 17.8. The molecule has 0 saturated heterocycles. The number of benzene rings is 4. The summed E-state index contributed by atoms with van der Waals surface area (Å²) in [6, 6.07) is 25.0. The van der Waals surface area contributed by atoms with E-state index in [2.05, 4.69) is 13.2 Å². The van der Waals surface area contributed by atoms with E-state index in [9.17, 15) is 22.8 Å². The molecule has 0 bridgehead atoms. The molecule has 0 aliphatic heterocycles. The maximum absolute atomic E-state index is 15.7. The molecule has 4 rings (SSSR count). The van der Waals surface area contributed by atoms with E-state index < -0.39 is 43.6 Å². The number of aryl methyl sites for hydroxylation is 1. The first-order chi connectivity index (χ1) is 26.4. The highest BCUT2D eigenvalue weighted by atomic mass is 19.4. The summed E-state index contributed by atoms with van der Waals surface area (Å²) >= 11 is 0. The second-order valence-corrected chi connectivity index (χ2v) is 12.6. The van der Waals surface area contributed by atoms with Crippen LogP contribution in [0.25, 0.3) is 33.4 Å². The average molecular weight is 765 g/mol. The van der Waals surface area contributed by atoms with Crippen molar-refractivity contribution in [3.05, 3.63) is 121 Å². The third-order valence-corrected chi connectivity index (χ3v) is 8.52. The molecule has 2 N–H and O–H groups in total. The molecule has 0 atom stereocenters. The SMILES string of the molecule is C=C(CO)C(=O)OCCOc1ccc(-c2ccc(-c3ccc(-c4ccc(OCCOC(=O)C(=C)CO)cc4)c(F)c3)c(CCCCCCC(F)(F)F)c2)cc1. The van der Waals surface area contributed by atoms with Gasteiger partial charge in [-0.05, 0) is 83.0 Å². The number of aliphatic hydroxyl groups excluding tert-OH is 2. The number of rotatable bonds is 21. The molecule has 0 unspecified atom stereocenters. The van der Waals surface area contributed by atoms with E-state index in [4.69, 9.17) is 29.2 Å². The van der Waals surface area contributed by atoms with Crippen LogP contribution in [-0.4, -0.2) is 68.0 Å². The van der Waals surface area contributed by atoms with Gasteiger partial charge in [-0.25, -0.2) is 14.0 Å². The Kier molecular flexibility index (Phi) is 16.0. The molecule has 0 aliphatic rings. The largest absolute Gasteiger partial charge is 0.490 e. The van der Waals surface area contributed by atoms with Gasteiger partial charge in [0.1, 0.15) is 43.7 Å². The molecule has 0 fully saturated rings. The second kappa shape index (κ2) is 20.8. The highest BCUT2D eigenvalue weighted by Crippen LogP contribution is 2.34. The van der Waals surface area contributed by atoms with Gasteiger partial charge in [0.2, 0.25) is 0 Å². The molecular weight excluding hydrogens is 720 g/mol. The summed E-state index contributed by atoms with van der Waals surface area (Å²) in [6.45, 7) is 5.95. The fourth-order valence-electron chi connectivity index (χ4n) is 5.57. The number of aliphatic hydroxyl groups is 2. The van der Waals surface area contributed by atoms with Crippen molar-refractivity contribution in [1.82, 2.24) is 0 Å². The number of esters is 2. The Bertz CT molecular complexity index is 1900. The van der Waals surface area contributed by atoms with Gasteiger partial charge in [0.25, 0.3) is 0 Å². The Morgan fingerprint density at radius 1 is 0.582 bits per heavy atom. The fourth-order valence-corrected chi connectivity index (χ4v) is 5.57. The lowest BCUT2D eigenvalue weighted by atomic mass is 9.91. The maximum atomic E-state index is 15.7. The van der Waals surface area contributed by atoms with E-state index in [0.717, 1.165) is 22.3 Å². The van der Waals surface area contributed by atoms with Gasteiger partial charge >= 0.3 is 18.1 Å². The minimum absolute atomic E-state index is 0.0181. The smallest absolute Gasteiger partial charge is 0.389 e. The lowest BCUT2D eigenvalue weighted by Gasteiger charge is -2.15. The van der Waals surface area contributed by atoms with Gasteiger partial charge in [-0.3, -0.25) is 0 Å². The van der Waals surface area contributed by atoms with Crippen molar-refractivity contribution >= 4 is 11.9 Å². The highest BCUT2D eigenvalue weighted by Gasteiger charge is 2.25. The highest BCUT2D eigenvalue weighted by molar-refractivity contribution is 5.88. The van der Waals surface area contributed by atoms with Crippen LogP contribution in [0.5, 0.6) is 11.5 Å². The third kappa shape index (κ3) is 13.4. The van der Waals surface area contributed by atoms with Crippen LogP contribution in [0.4, 0.5) is 17.6 Å². The van der Waals surface area contributed by atoms with Crippen LogP contribution < -0.4 is 9.47 Å². The van der Waals surface area contributed by atoms with Gasteiger partial charge in [-0.2, -0.15) is 13.2 Å². The Labute approximate surface area is 317 Å². The summed E-state index contributed by atoms with van der Waals surface area (Å²) in [7, 11) is 0. The summed E-state index contributed by atoms with van der Waals surface area (Å²) in [5, 5.41) is 17.9. The van der Waals surface area contributed by atoms with Crippen LogP contribution in [0.3, 0.4) is 0 Å². The number of unbranched alkanes of at least 4 members (excludes halogenated alkanes) is 3. The van der Waals surface area contributed by atoms with Crippen molar-refractivity contribution in [3.63, 3.8) is 0 Å². The van der Waals surface area contributed by atoms with Crippen LogP contribution in [0.15, 0.2) is 109 Å². The number of hydrogen-bond acceptors (Lipinski definition) is 8. The molecule has 0 spiro atoms. The maximum Gasteiger partial charge on any atom is 0.389 e. The van der Waals surface area contributed by atoms with Crippen molar-refractivity contribution in [1.29, 1.82) is 0 Å². The summed E-state index contributed by atoms with van der Waals surface area (Å²) < 4.78 is 74.8. The zero-order valence-corrected chi connectivity index (χ0v) is 30.3. The van der Waals surface area contributed by atoms with Gasteiger partial charge in [0.05, 0.1) is 24.4 Å². The normalized spacial score (nSPS) is 11.2. The number of carbonyl (C=O) groups excluding carboxylic acids is 2. The van der Waals surface area contributed by atoms with Crippen LogP contribution >= 0.6 is 0 Å². The summed E-state index contributed by atoms with van der Waals surface area (Å²) in [4.78, 5) is 23.2.